The van der Waals surface area contributed by atoms with Gasteiger partial charge in [-0.15, -0.1) is 0 Å². The summed E-state index contributed by atoms with van der Waals surface area (Å²) in [6.45, 7) is 1.67. The van der Waals surface area contributed by atoms with Crippen molar-refractivity contribution in [3.8, 4) is 5.75 Å². The van der Waals surface area contributed by atoms with Gasteiger partial charge in [-0.3, -0.25) is 9.59 Å². The third kappa shape index (κ3) is 4.29. The fourth-order valence-electron chi connectivity index (χ4n) is 2.21. The maximum absolute atomic E-state index is 12.2. The lowest BCUT2D eigenvalue weighted by molar-refractivity contribution is -0.143. The fraction of sp³-hybridized carbons (Fsp3) is 0.211. The molecule has 0 fully saturated rings. The lowest BCUT2D eigenvalue weighted by Gasteiger charge is -2.15. The summed E-state index contributed by atoms with van der Waals surface area (Å²) in [6, 6.07) is 15.4. The van der Waals surface area contributed by atoms with Crippen molar-refractivity contribution < 1.29 is 23.9 Å². The number of para-hydroxylation sites is 1. The van der Waals surface area contributed by atoms with E-state index >= 15 is 0 Å². The number of carbonyl (C=O) groups excluding carboxylic acids is 3. The van der Waals surface area contributed by atoms with Crippen LogP contribution in [0.15, 0.2) is 54.6 Å². The van der Waals surface area contributed by atoms with Crippen molar-refractivity contribution >= 4 is 17.7 Å². The minimum absolute atomic E-state index is 0.301. The molecule has 0 aromatic heterocycles. The van der Waals surface area contributed by atoms with Gasteiger partial charge in [0.1, 0.15) is 12.2 Å². The van der Waals surface area contributed by atoms with E-state index in [0.29, 0.717) is 16.9 Å². The van der Waals surface area contributed by atoms with Crippen molar-refractivity contribution in [1.82, 2.24) is 0 Å². The second kappa shape index (κ2) is 8.06. The van der Waals surface area contributed by atoms with Gasteiger partial charge >= 0.3 is 11.9 Å². The van der Waals surface area contributed by atoms with Crippen LogP contribution < -0.4 is 4.74 Å². The van der Waals surface area contributed by atoms with Gasteiger partial charge in [-0.2, -0.15) is 0 Å². The van der Waals surface area contributed by atoms with Crippen LogP contribution in [0.1, 0.15) is 35.2 Å². The first-order valence-corrected chi connectivity index (χ1v) is 7.48. The average molecular weight is 326 g/mol. The standard InChI is InChI=1S/C19H18O5/c1-13(16(20)12-18(21)23-2)15-10-6-7-11-17(15)24-19(22)14-8-4-3-5-9-14/h3-11,13H,12H2,1-2H3. The molecule has 2 aromatic rings. The average Bonchev–Trinajstić information content (AvgIpc) is 2.62. The Morgan fingerprint density at radius 3 is 2.25 bits per heavy atom. The number of rotatable bonds is 6. The Morgan fingerprint density at radius 1 is 0.958 bits per heavy atom. The predicted octanol–water partition coefficient (Wildman–Crippen LogP) is 3.14. The molecule has 0 radical (unpaired) electrons. The van der Waals surface area contributed by atoms with Gasteiger partial charge in [-0.1, -0.05) is 43.3 Å². The minimum atomic E-state index is -0.594. The molecule has 0 aliphatic rings. The molecule has 0 heterocycles. The summed E-state index contributed by atoms with van der Waals surface area (Å²) in [4.78, 5) is 35.7. The minimum Gasteiger partial charge on any atom is -0.469 e. The van der Waals surface area contributed by atoms with Crippen LogP contribution in [0.2, 0.25) is 0 Å². The Kier molecular flexibility index (Phi) is 5.84. The Hall–Kier alpha value is -2.95. The van der Waals surface area contributed by atoms with Gasteiger partial charge in [0.2, 0.25) is 0 Å². The zero-order valence-electron chi connectivity index (χ0n) is 13.5. The summed E-state index contributed by atoms with van der Waals surface area (Å²) >= 11 is 0. The number of hydrogen-bond acceptors (Lipinski definition) is 5. The summed E-state index contributed by atoms with van der Waals surface area (Å²) in [5, 5.41) is 0. The van der Waals surface area contributed by atoms with E-state index in [1.54, 1.807) is 61.5 Å². The number of esters is 2. The molecule has 1 unspecified atom stereocenters. The van der Waals surface area contributed by atoms with Crippen molar-refractivity contribution in [2.45, 2.75) is 19.3 Å². The smallest absolute Gasteiger partial charge is 0.343 e. The topological polar surface area (TPSA) is 69.7 Å². The molecule has 0 aliphatic carbocycles. The van der Waals surface area contributed by atoms with Gasteiger partial charge in [-0.25, -0.2) is 4.79 Å². The maximum atomic E-state index is 12.2. The molecule has 0 aliphatic heterocycles. The number of methoxy groups -OCH3 is 1. The molecule has 0 saturated heterocycles. The highest BCUT2D eigenvalue weighted by atomic mass is 16.5. The van der Waals surface area contributed by atoms with Crippen molar-refractivity contribution in [2.24, 2.45) is 0 Å². The van der Waals surface area contributed by atoms with E-state index in [1.807, 2.05) is 0 Å². The van der Waals surface area contributed by atoms with Crippen LogP contribution in [-0.4, -0.2) is 24.8 Å². The second-order valence-electron chi connectivity index (χ2n) is 5.23. The quantitative estimate of drug-likeness (QED) is 0.463. The molecule has 1 atom stereocenters. The van der Waals surface area contributed by atoms with E-state index in [9.17, 15) is 14.4 Å². The van der Waals surface area contributed by atoms with Crippen LogP contribution in [0.5, 0.6) is 5.75 Å². The summed E-state index contributed by atoms with van der Waals surface area (Å²) in [6.07, 6.45) is -0.321. The second-order valence-corrected chi connectivity index (χ2v) is 5.23. The number of Topliss-reactive ketones (excluding diaryl/α,β-unsaturated/α-hetero) is 1. The van der Waals surface area contributed by atoms with Crippen LogP contribution in [-0.2, 0) is 14.3 Å². The van der Waals surface area contributed by atoms with Gasteiger partial charge in [-0.05, 0) is 18.2 Å². The number of ether oxygens (including phenoxy) is 2. The fourth-order valence-corrected chi connectivity index (χ4v) is 2.21. The molecule has 2 rings (SSSR count). The zero-order chi connectivity index (χ0) is 17.5. The molecule has 0 saturated carbocycles. The summed E-state index contributed by atoms with van der Waals surface area (Å²) in [7, 11) is 1.23. The first kappa shape index (κ1) is 17.4. The number of carbonyl (C=O) groups is 3. The molecule has 0 amide bonds. The van der Waals surface area contributed by atoms with Crippen molar-refractivity contribution in [3.63, 3.8) is 0 Å². The third-order valence-corrected chi connectivity index (χ3v) is 3.63. The lowest BCUT2D eigenvalue weighted by atomic mass is 9.94. The largest absolute Gasteiger partial charge is 0.469 e. The number of hydrogen-bond donors (Lipinski definition) is 0. The van der Waals surface area contributed by atoms with Gasteiger partial charge in [0.05, 0.1) is 12.7 Å². The molecule has 0 spiro atoms. The first-order chi connectivity index (χ1) is 11.5. The SMILES string of the molecule is COC(=O)CC(=O)C(C)c1ccccc1OC(=O)c1ccccc1. The van der Waals surface area contributed by atoms with E-state index < -0.39 is 17.9 Å². The van der Waals surface area contributed by atoms with Crippen LogP contribution in [0.4, 0.5) is 0 Å². The third-order valence-electron chi connectivity index (χ3n) is 3.63. The van der Waals surface area contributed by atoms with Gasteiger partial charge in [0.15, 0.2) is 5.78 Å². The van der Waals surface area contributed by atoms with Crippen molar-refractivity contribution in [2.75, 3.05) is 7.11 Å². The molecule has 124 valence electrons. The molecule has 0 bridgehead atoms. The van der Waals surface area contributed by atoms with Gasteiger partial charge < -0.3 is 9.47 Å². The van der Waals surface area contributed by atoms with Gasteiger partial charge in [0.25, 0.3) is 0 Å². The highest BCUT2D eigenvalue weighted by molar-refractivity contribution is 5.99. The summed E-state index contributed by atoms with van der Waals surface area (Å²) in [5.74, 6) is -1.69. The molecule has 5 nitrogen and oxygen atoms in total. The molecular weight excluding hydrogens is 308 g/mol. The normalized spacial score (nSPS) is 11.4. The molecule has 2 aromatic carbocycles. The van der Waals surface area contributed by atoms with Crippen molar-refractivity contribution in [3.05, 3.63) is 65.7 Å². The van der Waals surface area contributed by atoms with E-state index in [2.05, 4.69) is 4.74 Å². The van der Waals surface area contributed by atoms with E-state index in [0.717, 1.165) is 0 Å². The van der Waals surface area contributed by atoms with Crippen LogP contribution in [0.25, 0.3) is 0 Å². The van der Waals surface area contributed by atoms with E-state index in [1.165, 1.54) is 7.11 Å². The van der Waals surface area contributed by atoms with E-state index in [4.69, 9.17) is 4.74 Å². The predicted molar refractivity (Wildman–Crippen MR) is 87.9 cm³/mol. The molecule has 5 heteroatoms. The Morgan fingerprint density at radius 2 is 1.58 bits per heavy atom. The van der Waals surface area contributed by atoms with Crippen LogP contribution in [0, 0.1) is 0 Å². The lowest BCUT2D eigenvalue weighted by Crippen LogP contribution is -2.17. The van der Waals surface area contributed by atoms with Crippen LogP contribution >= 0.6 is 0 Å². The summed E-state index contributed by atoms with van der Waals surface area (Å²) in [5.41, 5.74) is 0.969. The van der Waals surface area contributed by atoms with Crippen LogP contribution in [0.3, 0.4) is 0 Å². The Bertz CT molecular complexity index is 736. The number of benzene rings is 2. The highest BCUT2D eigenvalue weighted by Gasteiger charge is 2.23. The zero-order valence-corrected chi connectivity index (χ0v) is 13.5. The van der Waals surface area contributed by atoms with Crippen molar-refractivity contribution in [1.29, 1.82) is 0 Å². The molecule has 0 N–H and O–H groups in total. The summed E-state index contributed by atoms with van der Waals surface area (Å²) < 4.78 is 9.94. The Balaban J connectivity index is 2.19. The monoisotopic (exact) mass is 326 g/mol. The highest BCUT2D eigenvalue weighted by Crippen LogP contribution is 2.28. The molecule has 24 heavy (non-hydrogen) atoms. The maximum Gasteiger partial charge on any atom is 0.343 e. The first-order valence-electron chi connectivity index (χ1n) is 7.48. The van der Waals surface area contributed by atoms with Gasteiger partial charge in [0, 0.05) is 11.5 Å². The molecular formula is C19H18O5. The van der Waals surface area contributed by atoms with E-state index in [-0.39, 0.29) is 12.2 Å². The number of ketones is 1. The Labute approximate surface area is 140 Å².